The Morgan fingerprint density at radius 2 is 2.04 bits per heavy atom. The molecule has 25 heavy (non-hydrogen) atoms. The van der Waals surface area contributed by atoms with E-state index in [-0.39, 0.29) is 5.75 Å². The molecule has 0 fully saturated rings. The molecule has 0 bridgehead atoms. The first-order valence-corrected chi connectivity index (χ1v) is 9.14. The first-order chi connectivity index (χ1) is 12.0. The van der Waals surface area contributed by atoms with E-state index in [2.05, 4.69) is 5.32 Å². The predicted octanol–water partition coefficient (Wildman–Crippen LogP) is 3.29. The van der Waals surface area contributed by atoms with E-state index in [0.29, 0.717) is 10.6 Å². The Bertz CT molecular complexity index is 781. The molecule has 2 aromatic rings. The van der Waals surface area contributed by atoms with E-state index >= 15 is 0 Å². The molecule has 6 nitrogen and oxygen atoms in total. The zero-order valence-electron chi connectivity index (χ0n) is 13.6. The topological polar surface area (TPSA) is 88.4 Å². The van der Waals surface area contributed by atoms with Gasteiger partial charge < -0.3 is 14.8 Å². The summed E-state index contributed by atoms with van der Waals surface area (Å²) in [5.74, 6) is -0.133. The number of ether oxygens (including phenoxy) is 2. The normalized spacial score (nSPS) is 11.2. The monoisotopic (exact) mass is 376 g/mol. The van der Waals surface area contributed by atoms with Gasteiger partial charge >= 0.3 is 5.97 Å². The van der Waals surface area contributed by atoms with Crippen molar-refractivity contribution >= 4 is 40.0 Å². The van der Waals surface area contributed by atoms with E-state index in [9.17, 15) is 9.59 Å². The van der Waals surface area contributed by atoms with Gasteiger partial charge in [0.15, 0.2) is 6.10 Å². The second-order valence-corrected chi connectivity index (χ2v) is 6.83. The molecule has 1 N–H and O–H groups in total. The van der Waals surface area contributed by atoms with Crippen LogP contribution in [0.25, 0.3) is 0 Å². The Kier molecular flexibility index (Phi) is 6.86. The van der Waals surface area contributed by atoms with E-state index in [1.54, 1.807) is 30.7 Å². The average Bonchev–Trinajstić information content (AvgIpc) is 3.07. The SMILES string of the molecule is COc1ccc(SCC(=O)O[C@H](C)C(=O)Nc2sccc2C#N)cc1. The third-order valence-corrected chi connectivity index (χ3v) is 4.93. The molecule has 2 rings (SSSR count). The number of esters is 1. The number of anilines is 1. The van der Waals surface area contributed by atoms with Crippen molar-refractivity contribution in [2.45, 2.75) is 17.9 Å². The van der Waals surface area contributed by atoms with Crippen molar-refractivity contribution in [3.8, 4) is 11.8 Å². The third kappa shape index (κ3) is 5.52. The van der Waals surface area contributed by atoms with Gasteiger partial charge in [0, 0.05) is 4.90 Å². The van der Waals surface area contributed by atoms with Gasteiger partial charge in [-0.25, -0.2) is 0 Å². The maximum Gasteiger partial charge on any atom is 0.317 e. The number of nitriles is 1. The highest BCUT2D eigenvalue weighted by Gasteiger charge is 2.19. The lowest BCUT2D eigenvalue weighted by atomic mass is 10.3. The summed E-state index contributed by atoms with van der Waals surface area (Å²) < 4.78 is 10.2. The van der Waals surface area contributed by atoms with Crippen molar-refractivity contribution in [1.82, 2.24) is 0 Å². The number of benzene rings is 1. The number of amides is 1. The summed E-state index contributed by atoms with van der Waals surface area (Å²) in [6, 6.07) is 10.9. The fourth-order valence-electron chi connectivity index (χ4n) is 1.81. The van der Waals surface area contributed by atoms with Crippen LogP contribution in [-0.4, -0.2) is 30.8 Å². The van der Waals surface area contributed by atoms with Crippen LogP contribution >= 0.6 is 23.1 Å². The van der Waals surface area contributed by atoms with Crippen LogP contribution in [0.3, 0.4) is 0 Å². The van der Waals surface area contributed by atoms with Crippen molar-refractivity contribution in [3.05, 3.63) is 41.3 Å². The van der Waals surface area contributed by atoms with Crippen molar-refractivity contribution in [2.24, 2.45) is 0 Å². The molecular weight excluding hydrogens is 360 g/mol. The van der Waals surface area contributed by atoms with Crippen LogP contribution in [0.4, 0.5) is 5.00 Å². The Hall–Kier alpha value is -2.50. The van der Waals surface area contributed by atoms with Crippen LogP contribution in [0, 0.1) is 11.3 Å². The summed E-state index contributed by atoms with van der Waals surface area (Å²) in [6.45, 7) is 1.49. The Labute approximate surface area is 153 Å². The molecule has 0 aliphatic carbocycles. The second-order valence-electron chi connectivity index (χ2n) is 4.86. The zero-order chi connectivity index (χ0) is 18.2. The molecule has 0 aliphatic rings. The van der Waals surface area contributed by atoms with E-state index in [4.69, 9.17) is 14.7 Å². The molecule has 1 amide bonds. The molecule has 8 heteroatoms. The van der Waals surface area contributed by atoms with Crippen molar-refractivity contribution in [1.29, 1.82) is 5.26 Å². The fourth-order valence-corrected chi connectivity index (χ4v) is 3.23. The fraction of sp³-hybridized carbons (Fsp3) is 0.235. The van der Waals surface area contributed by atoms with Crippen LogP contribution in [0.5, 0.6) is 5.75 Å². The third-order valence-electron chi connectivity index (χ3n) is 3.12. The minimum Gasteiger partial charge on any atom is -0.497 e. The first-order valence-electron chi connectivity index (χ1n) is 7.28. The molecule has 0 radical (unpaired) electrons. The molecule has 1 heterocycles. The summed E-state index contributed by atoms with van der Waals surface area (Å²) >= 11 is 2.55. The van der Waals surface area contributed by atoms with Crippen molar-refractivity contribution < 1.29 is 19.1 Å². The largest absolute Gasteiger partial charge is 0.497 e. The molecule has 1 aromatic carbocycles. The highest BCUT2D eigenvalue weighted by Crippen LogP contribution is 2.23. The number of rotatable bonds is 7. The standard InChI is InChI=1S/C17H16N2O4S2/c1-11(16(21)19-17-12(9-18)7-8-24-17)23-15(20)10-25-14-5-3-13(22-2)4-6-14/h3-8,11H,10H2,1-2H3,(H,19,21)/t11-/m1/s1. The number of hydrogen-bond acceptors (Lipinski definition) is 7. The lowest BCUT2D eigenvalue weighted by Gasteiger charge is -2.13. The van der Waals surface area contributed by atoms with Crippen molar-refractivity contribution in [2.75, 3.05) is 18.2 Å². The molecule has 130 valence electrons. The maximum atomic E-state index is 12.0. The quantitative estimate of drug-likeness (QED) is 0.589. The number of nitrogens with zero attached hydrogens (tertiary/aromatic N) is 1. The molecule has 0 saturated heterocycles. The van der Waals surface area contributed by atoms with Gasteiger partial charge in [0.05, 0.1) is 18.4 Å². The van der Waals surface area contributed by atoms with Gasteiger partial charge in [-0.05, 0) is 42.6 Å². The summed E-state index contributed by atoms with van der Waals surface area (Å²) in [6.07, 6.45) is -0.947. The second kappa shape index (κ2) is 9.11. The average molecular weight is 376 g/mol. The van der Waals surface area contributed by atoms with Gasteiger partial charge in [-0.3, -0.25) is 9.59 Å². The van der Waals surface area contributed by atoms with Gasteiger partial charge in [0.1, 0.15) is 16.8 Å². The van der Waals surface area contributed by atoms with E-state index < -0.39 is 18.0 Å². The minimum atomic E-state index is -0.947. The van der Waals surface area contributed by atoms with Crippen molar-refractivity contribution in [3.63, 3.8) is 0 Å². The number of thiophene rings is 1. The number of hydrogen-bond donors (Lipinski definition) is 1. The molecule has 1 aromatic heterocycles. The summed E-state index contributed by atoms with van der Waals surface area (Å²) in [4.78, 5) is 24.8. The van der Waals surface area contributed by atoms with Gasteiger partial charge in [-0.15, -0.1) is 23.1 Å². The molecule has 0 unspecified atom stereocenters. The lowest BCUT2D eigenvalue weighted by Crippen LogP contribution is -2.30. The van der Waals surface area contributed by atoms with Gasteiger partial charge in [0.2, 0.25) is 0 Å². The van der Waals surface area contributed by atoms with Crippen LogP contribution in [0.15, 0.2) is 40.6 Å². The van der Waals surface area contributed by atoms with Crippen LogP contribution < -0.4 is 10.1 Å². The minimum absolute atomic E-state index is 0.0897. The molecule has 0 aliphatic heterocycles. The Morgan fingerprint density at radius 3 is 2.68 bits per heavy atom. The predicted molar refractivity (Wildman–Crippen MR) is 96.9 cm³/mol. The van der Waals surface area contributed by atoms with Crippen LogP contribution in [0.2, 0.25) is 0 Å². The molecule has 1 atom stereocenters. The smallest absolute Gasteiger partial charge is 0.317 e. The van der Waals surface area contributed by atoms with Crippen LogP contribution in [-0.2, 0) is 14.3 Å². The first kappa shape index (κ1) is 18.8. The summed E-state index contributed by atoms with van der Waals surface area (Å²) in [5, 5.41) is 13.7. The molecule has 0 spiro atoms. The number of carbonyl (C=O) groups excluding carboxylic acids is 2. The van der Waals surface area contributed by atoms with E-state index in [0.717, 1.165) is 10.6 Å². The number of carbonyl (C=O) groups is 2. The van der Waals surface area contributed by atoms with Gasteiger partial charge in [-0.1, -0.05) is 0 Å². The Morgan fingerprint density at radius 1 is 1.32 bits per heavy atom. The number of methoxy groups -OCH3 is 1. The summed E-state index contributed by atoms with van der Waals surface area (Å²) in [7, 11) is 1.59. The molecule has 0 saturated carbocycles. The van der Waals surface area contributed by atoms with E-state index in [1.165, 1.54) is 30.0 Å². The number of thioether (sulfide) groups is 1. The Balaban J connectivity index is 1.80. The highest BCUT2D eigenvalue weighted by molar-refractivity contribution is 8.00. The summed E-state index contributed by atoms with van der Waals surface area (Å²) in [5.41, 5.74) is 0.381. The maximum absolute atomic E-state index is 12.0. The van der Waals surface area contributed by atoms with E-state index in [1.807, 2.05) is 18.2 Å². The van der Waals surface area contributed by atoms with Gasteiger partial charge in [-0.2, -0.15) is 5.26 Å². The van der Waals surface area contributed by atoms with Crippen LogP contribution in [0.1, 0.15) is 12.5 Å². The molecular formula is C17H16N2O4S2. The lowest BCUT2D eigenvalue weighted by molar-refractivity contribution is -0.150. The van der Waals surface area contributed by atoms with Gasteiger partial charge in [0.25, 0.3) is 5.91 Å². The zero-order valence-corrected chi connectivity index (χ0v) is 15.3. The highest BCUT2D eigenvalue weighted by atomic mass is 32.2. The number of nitrogens with one attached hydrogen (secondary N) is 1.